The second-order valence-electron chi connectivity index (χ2n) is 4.71. The summed E-state index contributed by atoms with van der Waals surface area (Å²) in [6, 6.07) is 8.89. The first-order chi connectivity index (χ1) is 8.15. The van der Waals surface area contributed by atoms with Crippen LogP contribution in [0.5, 0.6) is 5.75 Å². The third kappa shape index (κ3) is 5.22. The third-order valence-electron chi connectivity index (χ3n) is 2.82. The molecule has 1 unspecified atom stereocenters. The molecule has 0 heterocycles. The van der Waals surface area contributed by atoms with Crippen molar-refractivity contribution in [2.75, 3.05) is 6.54 Å². The molecule has 2 nitrogen and oxygen atoms in total. The zero-order valence-electron chi connectivity index (χ0n) is 11.5. The predicted octanol–water partition coefficient (Wildman–Crippen LogP) is 3.40. The summed E-state index contributed by atoms with van der Waals surface area (Å²) < 4.78 is 5.99. The number of benzene rings is 1. The molecule has 0 saturated carbocycles. The summed E-state index contributed by atoms with van der Waals surface area (Å²) in [6.45, 7) is 9.55. The lowest BCUT2D eigenvalue weighted by Gasteiger charge is -2.20. The molecule has 0 aliphatic heterocycles. The molecule has 1 aromatic rings. The molecular formula is C15H25NO. The lowest BCUT2D eigenvalue weighted by molar-refractivity contribution is 0.190. The van der Waals surface area contributed by atoms with E-state index in [4.69, 9.17) is 4.74 Å². The van der Waals surface area contributed by atoms with Gasteiger partial charge in [0.15, 0.2) is 0 Å². The van der Waals surface area contributed by atoms with Crippen molar-refractivity contribution in [3.63, 3.8) is 0 Å². The largest absolute Gasteiger partial charge is 0.489 e. The summed E-state index contributed by atoms with van der Waals surface area (Å²) in [4.78, 5) is 0. The Hall–Kier alpha value is -1.02. The van der Waals surface area contributed by atoms with Crippen molar-refractivity contribution in [1.29, 1.82) is 0 Å². The van der Waals surface area contributed by atoms with Crippen LogP contribution in [0, 0.1) is 0 Å². The molecule has 96 valence electrons. The molecular weight excluding hydrogens is 210 g/mol. The highest BCUT2D eigenvalue weighted by molar-refractivity contribution is 5.28. The van der Waals surface area contributed by atoms with E-state index in [-0.39, 0.29) is 6.10 Å². The second kappa shape index (κ2) is 7.33. The van der Waals surface area contributed by atoms with Crippen molar-refractivity contribution in [2.45, 2.75) is 52.7 Å². The van der Waals surface area contributed by atoms with E-state index in [2.05, 4.69) is 51.2 Å². The van der Waals surface area contributed by atoms with E-state index in [0.717, 1.165) is 25.1 Å². The molecule has 0 aliphatic rings. The maximum absolute atomic E-state index is 5.99. The Morgan fingerprint density at radius 3 is 2.59 bits per heavy atom. The van der Waals surface area contributed by atoms with E-state index in [1.54, 1.807) is 0 Å². The highest BCUT2D eigenvalue weighted by Crippen LogP contribution is 2.16. The molecule has 0 bridgehead atoms. The molecule has 1 aromatic carbocycles. The molecule has 0 spiro atoms. The molecule has 1 rings (SSSR count). The highest BCUT2D eigenvalue weighted by atomic mass is 16.5. The van der Waals surface area contributed by atoms with Gasteiger partial charge in [0, 0.05) is 12.6 Å². The number of hydrogen-bond donors (Lipinski definition) is 1. The van der Waals surface area contributed by atoms with Gasteiger partial charge in [-0.1, -0.05) is 39.8 Å². The fourth-order valence-corrected chi connectivity index (χ4v) is 1.67. The molecule has 1 atom stereocenters. The van der Waals surface area contributed by atoms with Gasteiger partial charge in [0.2, 0.25) is 0 Å². The number of hydrogen-bond acceptors (Lipinski definition) is 2. The van der Waals surface area contributed by atoms with E-state index >= 15 is 0 Å². The van der Waals surface area contributed by atoms with E-state index < -0.39 is 0 Å². The Balaban J connectivity index is 2.54. The summed E-state index contributed by atoms with van der Waals surface area (Å²) in [6.07, 6.45) is 2.33. The van der Waals surface area contributed by atoms with Crippen molar-refractivity contribution in [3.05, 3.63) is 29.8 Å². The minimum Gasteiger partial charge on any atom is -0.489 e. The van der Waals surface area contributed by atoms with Crippen LogP contribution >= 0.6 is 0 Å². The Morgan fingerprint density at radius 2 is 2.00 bits per heavy atom. The zero-order valence-corrected chi connectivity index (χ0v) is 11.5. The molecule has 0 aromatic heterocycles. The van der Waals surface area contributed by atoms with Crippen LogP contribution in [-0.4, -0.2) is 18.7 Å². The van der Waals surface area contributed by atoms with Gasteiger partial charge in [-0.2, -0.15) is 0 Å². The van der Waals surface area contributed by atoms with Crippen molar-refractivity contribution in [2.24, 2.45) is 0 Å². The van der Waals surface area contributed by atoms with Gasteiger partial charge in [-0.05, 0) is 30.5 Å². The molecule has 0 aliphatic carbocycles. The molecule has 1 N–H and O–H groups in total. The van der Waals surface area contributed by atoms with E-state index in [0.29, 0.717) is 6.04 Å². The first-order valence-electron chi connectivity index (χ1n) is 6.64. The average molecular weight is 235 g/mol. The van der Waals surface area contributed by atoms with Gasteiger partial charge in [-0.15, -0.1) is 0 Å². The summed E-state index contributed by atoms with van der Waals surface area (Å²) in [5.74, 6) is 0.988. The minimum absolute atomic E-state index is 0.254. The lowest BCUT2D eigenvalue weighted by atomic mass is 10.1. The van der Waals surface area contributed by atoms with Crippen LogP contribution in [-0.2, 0) is 6.42 Å². The molecule has 0 amide bonds. The summed E-state index contributed by atoms with van der Waals surface area (Å²) in [7, 11) is 0. The molecule has 0 saturated heterocycles. The fourth-order valence-electron chi connectivity index (χ4n) is 1.67. The van der Waals surface area contributed by atoms with Gasteiger partial charge in [0.1, 0.15) is 11.9 Å². The van der Waals surface area contributed by atoms with Crippen LogP contribution in [0.4, 0.5) is 0 Å². The van der Waals surface area contributed by atoms with Crippen molar-refractivity contribution in [1.82, 2.24) is 5.32 Å². The number of nitrogens with one attached hydrogen (secondary N) is 1. The normalized spacial score (nSPS) is 12.8. The summed E-state index contributed by atoms with van der Waals surface area (Å²) >= 11 is 0. The van der Waals surface area contributed by atoms with Gasteiger partial charge in [0.25, 0.3) is 0 Å². The minimum atomic E-state index is 0.254. The molecule has 0 fully saturated rings. The Kier molecular flexibility index (Phi) is 6.06. The van der Waals surface area contributed by atoms with Crippen LogP contribution in [0.15, 0.2) is 24.3 Å². The Morgan fingerprint density at radius 1 is 1.24 bits per heavy atom. The maximum atomic E-state index is 5.99. The Bertz CT molecular complexity index is 322. The fraction of sp³-hybridized carbons (Fsp3) is 0.600. The summed E-state index contributed by atoms with van der Waals surface area (Å²) in [5.41, 5.74) is 1.33. The van der Waals surface area contributed by atoms with Crippen molar-refractivity contribution >= 4 is 0 Å². The topological polar surface area (TPSA) is 21.3 Å². The van der Waals surface area contributed by atoms with Gasteiger partial charge in [-0.3, -0.25) is 0 Å². The monoisotopic (exact) mass is 235 g/mol. The molecule has 0 radical (unpaired) electrons. The quantitative estimate of drug-likeness (QED) is 0.782. The average Bonchev–Trinajstić information content (AvgIpc) is 2.34. The van der Waals surface area contributed by atoms with Gasteiger partial charge >= 0.3 is 0 Å². The van der Waals surface area contributed by atoms with Gasteiger partial charge < -0.3 is 10.1 Å². The van der Waals surface area contributed by atoms with Crippen molar-refractivity contribution in [3.8, 4) is 5.75 Å². The zero-order chi connectivity index (χ0) is 12.7. The van der Waals surface area contributed by atoms with Gasteiger partial charge in [-0.25, -0.2) is 0 Å². The number of aryl methyl sites for hydroxylation is 1. The van der Waals surface area contributed by atoms with Gasteiger partial charge in [0.05, 0.1) is 0 Å². The van der Waals surface area contributed by atoms with E-state index in [9.17, 15) is 0 Å². The smallest absolute Gasteiger partial charge is 0.120 e. The van der Waals surface area contributed by atoms with Crippen LogP contribution in [0.1, 0.15) is 39.7 Å². The standard InChI is InChI=1S/C15H25NO/c1-5-13-8-7-9-15(10-13)17-14(6-2)11-16-12(3)4/h7-10,12,14,16H,5-6,11H2,1-4H3. The Labute approximate surface area is 105 Å². The lowest BCUT2D eigenvalue weighted by Crippen LogP contribution is -2.34. The maximum Gasteiger partial charge on any atom is 0.120 e. The predicted molar refractivity (Wildman–Crippen MR) is 73.7 cm³/mol. The first kappa shape index (κ1) is 14.0. The highest BCUT2D eigenvalue weighted by Gasteiger charge is 2.08. The van der Waals surface area contributed by atoms with Crippen LogP contribution in [0.3, 0.4) is 0 Å². The second-order valence-corrected chi connectivity index (χ2v) is 4.71. The third-order valence-corrected chi connectivity index (χ3v) is 2.82. The summed E-state index contributed by atoms with van der Waals surface area (Å²) in [5, 5.41) is 3.42. The van der Waals surface area contributed by atoms with Crippen LogP contribution < -0.4 is 10.1 Å². The first-order valence-corrected chi connectivity index (χ1v) is 6.64. The SMILES string of the molecule is CCc1cccc(OC(CC)CNC(C)C)c1. The van der Waals surface area contributed by atoms with E-state index in [1.807, 2.05) is 6.07 Å². The molecule has 2 heteroatoms. The van der Waals surface area contributed by atoms with E-state index in [1.165, 1.54) is 5.56 Å². The number of ether oxygens (including phenoxy) is 1. The van der Waals surface area contributed by atoms with Crippen LogP contribution in [0.25, 0.3) is 0 Å². The van der Waals surface area contributed by atoms with Crippen LogP contribution in [0.2, 0.25) is 0 Å². The molecule has 17 heavy (non-hydrogen) atoms. The number of rotatable bonds is 7. The van der Waals surface area contributed by atoms with Crippen molar-refractivity contribution < 1.29 is 4.74 Å².